The van der Waals surface area contributed by atoms with Crippen molar-refractivity contribution >= 4 is 38.6 Å². The summed E-state index contributed by atoms with van der Waals surface area (Å²) in [5.41, 5.74) is 0.337. The van der Waals surface area contributed by atoms with Crippen LogP contribution < -0.4 is 9.47 Å². The molecule has 1 saturated heterocycles. The van der Waals surface area contributed by atoms with Gasteiger partial charge in [0.1, 0.15) is 34.4 Å². The van der Waals surface area contributed by atoms with Crippen molar-refractivity contribution in [3.8, 4) is 23.0 Å². The van der Waals surface area contributed by atoms with E-state index in [4.69, 9.17) is 18.6 Å². The summed E-state index contributed by atoms with van der Waals surface area (Å²) >= 11 is 2.50. The van der Waals surface area contributed by atoms with Gasteiger partial charge in [0.15, 0.2) is 22.6 Å². The Balaban J connectivity index is 1.27. The molecule has 5 heterocycles. The average Bonchev–Trinajstić information content (AvgIpc) is 3.65. The molecule has 0 aliphatic carbocycles. The molecule has 36 heavy (non-hydrogen) atoms. The van der Waals surface area contributed by atoms with Crippen molar-refractivity contribution in [2.75, 3.05) is 20.3 Å². The van der Waals surface area contributed by atoms with E-state index in [9.17, 15) is 4.39 Å². The Kier molecular flexibility index (Phi) is 5.89. The predicted molar refractivity (Wildman–Crippen MR) is 131 cm³/mol. The van der Waals surface area contributed by atoms with Crippen molar-refractivity contribution in [1.29, 1.82) is 0 Å². The van der Waals surface area contributed by atoms with Crippen LogP contribution in [-0.4, -0.2) is 39.9 Å². The zero-order chi connectivity index (χ0) is 24.9. The van der Waals surface area contributed by atoms with Crippen molar-refractivity contribution in [3.05, 3.63) is 45.5 Å². The maximum absolute atomic E-state index is 15.2. The molecular weight excluding hydrogens is 510 g/mol. The van der Waals surface area contributed by atoms with Crippen LogP contribution in [0.15, 0.2) is 34.2 Å². The molecule has 12 heteroatoms. The van der Waals surface area contributed by atoms with Gasteiger partial charge in [-0.25, -0.2) is 23.3 Å². The predicted octanol–water partition coefficient (Wildman–Crippen LogP) is 6.25. The molecule has 1 aliphatic heterocycles. The van der Waals surface area contributed by atoms with Crippen molar-refractivity contribution in [2.45, 2.75) is 38.2 Å². The van der Waals surface area contributed by atoms with E-state index in [-0.39, 0.29) is 6.61 Å². The van der Waals surface area contributed by atoms with E-state index in [2.05, 4.69) is 15.1 Å². The minimum Gasteiger partial charge on any atom is -0.496 e. The number of nitrogens with zero attached hydrogens (tertiary/aromatic N) is 4. The topological polar surface area (TPSA) is 83.9 Å². The summed E-state index contributed by atoms with van der Waals surface area (Å²) in [4.78, 5) is 9.61. The van der Waals surface area contributed by atoms with Crippen LogP contribution in [-0.2, 0) is 17.0 Å². The van der Waals surface area contributed by atoms with Crippen LogP contribution in [0.3, 0.4) is 0 Å². The highest BCUT2D eigenvalue weighted by atomic mass is 32.1. The van der Waals surface area contributed by atoms with Crippen molar-refractivity contribution in [3.63, 3.8) is 0 Å². The van der Waals surface area contributed by atoms with Crippen molar-refractivity contribution in [2.24, 2.45) is 0 Å². The van der Waals surface area contributed by atoms with E-state index < -0.39 is 11.8 Å². The van der Waals surface area contributed by atoms with Gasteiger partial charge in [-0.05, 0) is 13.0 Å². The van der Waals surface area contributed by atoms with Crippen LogP contribution in [0.25, 0.3) is 27.4 Å². The number of alkyl halides is 2. The molecule has 188 valence electrons. The van der Waals surface area contributed by atoms with Crippen LogP contribution in [0.2, 0.25) is 0 Å². The molecule has 8 nitrogen and oxygen atoms in total. The molecule has 5 aromatic rings. The van der Waals surface area contributed by atoms with E-state index in [1.807, 2.05) is 11.4 Å². The Morgan fingerprint density at radius 2 is 2.06 bits per heavy atom. The molecule has 0 saturated carbocycles. The van der Waals surface area contributed by atoms with Gasteiger partial charge in [-0.15, -0.1) is 11.3 Å². The van der Waals surface area contributed by atoms with Gasteiger partial charge in [-0.1, -0.05) is 11.3 Å². The van der Waals surface area contributed by atoms with Gasteiger partial charge in [0.2, 0.25) is 4.96 Å². The first kappa shape index (κ1) is 23.3. The van der Waals surface area contributed by atoms with Crippen LogP contribution in [0, 0.1) is 0 Å². The number of benzene rings is 1. The fourth-order valence-electron chi connectivity index (χ4n) is 4.08. The maximum atomic E-state index is 15.2. The molecule has 0 amide bonds. The SMILES string of the molecule is COc1cc(OCc2csc(C3(F)CCOCC3)n2)c2cc(-c3cn4nc([C@H](C)F)sc4n3)oc2c1. The Morgan fingerprint density at radius 3 is 2.81 bits per heavy atom. The third kappa shape index (κ3) is 4.22. The van der Waals surface area contributed by atoms with E-state index in [0.717, 1.165) is 5.39 Å². The van der Waals surface area contributed by atoms with Crippen molar-refractivity contribution in [1.82, 2.24) is 19.6 Å². The van der Waals surface area contributed by atoms with Gasteiger partial charge in [-0.3, -0.25) is 0 Å². The van der Waals surface area contributed by atoms with E-state index in [1.54, 1.807) is 30.0 Å². The molecule has 0 radical (unpaired) electrons. The largest absolute Gasteiger partial charge is 0.496 e. The lowest BCUT2D eigenvalue weighted by Gasteiger charge is -2.27. The van der Waals surface area contributed by atoms with Gasteiger partial charge in [0.05, 0.1) is 37.6 Å². The molecule has 0 N–H and O–H groups in total. The minimum absolute atomic E-state index is 0.167. The van der Waals surface area contributed by atoms with Gasteiger partial charge < -0.3 is 18.6 Å². The quantitative estimate of drug-likeness (QED) is 0.245. The van der Waals surface area contributed by atoms with Crippen LogP contribution in [0.5, 0.6) is 11.5 Å². The number of furan rings is 1. The first-order chi connectivity index (χ1) is 17.4. The number of methoxy groups -OCH3 is 1. The number of fused-ring (bicyclic) bond motifs is 2. The second-order valence-corrected chi connectivity index (χ2v) is 10.4. The molecule has 0 spiro atoms. The van der Waals surface area contributed by atoms with Gasteiger partial charge in [-0.2, -0.15) is 5.10 Å². The van der Waals surface area contributed by atoms with Crippen LogP contribution in [0.1, 0.15) is 41.6 Å². The molecule has 1 aromatic carbocycles. The minimum atomic E-state index is -1.44. The number of aromatic nitrogens is 4. The van der Waals surface area contributed by atoms with Gasteiger partial charge in [0, 0.05) is 30.4 Å². The lowest BCUT2D eigenvalue weighted by atomic mass is 9.97. The molecule has 1 aliphatic rings. The normalized spacial score (nSPS) is 16.6. The van der Waals surface area contributed by atoms with Crippen molar-refractivity contribution < 1.29 is 27.4 Å². The fourth-order valence-corrected chi connectivity index (χ4v) is 5.84. The number of thiazole rings is 1. The molecule has 6 rings (SSSR count). The Bertz CT molecular complexity index is 1500. The zero-order valence-corrected chi connectivity index (χ0v) is 21.1. The number of imidazole rings is 1. The summed E-state index contributed by atoms with van der Waals surface area (Å²) in [6.45, 7) is 2.40. The first-order valence-corrected chi connectivity index (χ1v) is 13.1. The molecule has 0 bridgehead atoms. The fraction of sp³-hybridized carbons (Fsp3) is 0.375. The van der Waals surface area contributed by atoms with Gasteiger partial charge >= 0.3 is 0 Å². The first-order valence-electron chi connectivity index (χ1n) is 11.4. The standard InChI is InChI=1S/C24H22F2N4O4S2/c1-13(25)21-29-30-10-17(28-23(30)36-21)20-9-16-18(7-15(31-2)8-19(16)34-20)33-11-14-12-35-22(27-14)24(26)3-5-32-6-4-24/h7-10,12-13H,3-6,11H2,1-2H3/t13-/m0/s1. The van der Waals surface area contributed by atoms with Crippen LogP contribution >= 0.6 is 22.7 Å². The molecule has 1 fully saturated rings. The number of halogens is 2. The lowest BCUT2D eigenvalue weighted by molar-refractivity contribution is -0.0117. The van der Waals surface area contributed by atoms with E-state index in [1.165, 1.54) is 29.6 Å². The van der Waals surface area contributed by atoms with E-state index >= 15 is 4.39 Å². The Labute approximate surface area is 212 Å². The maximum Gasteiger partial charge on any atom is 0.212 e. The smallest absolute Gasteiger partial charge is 0.212 e. The number of rotatable bonds is 7. The second-order valence-electron chi connectivity index (χ2n) is 8.57. The number of ether oxygens (including phenoxy) is 3. The molecular formula is C24H22F2N4O4S2. The highest BCUT2D eigenvalue weighted by Gasteiger charge is 2.37. The van der Waals surface area contributed by atoms with Crippen LogP contribution in [0.4, 0.5) is 8.78 Å². The number of hydrogen-bond acceptors (Lipinski definition) is 9. The monoisotopic (exact) mass is 532 g/mol. The number of hydrogen-bond donors (Lipinski definition) is 0. The summed E-state index contributed by atoms with van der Waals surface area (Å²) < 4.78 is 53.2. The highest BCUT2D eigenvalue weighted by Crippen LogP contribution is 2.39. The van der Waals surface area contributed by atoms with Gasteiger partial charge in [0.25, 0.3) is 0 Å². The molecule has 0 unspecified atom stereocenters. The van der Waals surface area contributed by atoms with E-state index in [0.29, 0.717) is 75.3 Å². The summed E-state index contributed by atoms with van der Waals surface area (Å²) in [7, 11) is 1.56. The average molecular weight is 533 g/mol. The Morgan fingerprint density at radius 1 is 1.22 bits per heavy atom. The molecule has 4 aromatic heterocycles. The third-order valence-corrected chi connectivity index (χ3v) is 8.20. The lowest BCUT2D eigenvalue weighted by Crippen LogP contribution is -2.29. The third-order valence-electron chi connectivity index (χ3n) is 6.06. The summed E-state index contributed by atoms with van der Waals surface area (Å²) in [5, 5.41) is 7.62. The zero-order valence-electron chi connectivity index (χ0n) is 19.5. The summed E-state index contributed by atoms with van der Waals surface area (Å²) in [6.07, 6.45) is 1.17. The molecule has 1 atom stereocenters. The second kappa shape index (κ2) is 9.09. The summed E-state index contributed by atoms with van der Waals surface area (Å²) in [5.74, 6) is 1.63. The highest BCUT2D eigenvalue weighted by molar-refractivity contribution is 7.16. The summed E-state index contributed by atoms with van der Waals surface area (Å²) in [6, 6.07) is 5.37. The Hall–Kier alpha value is -3.09.